The lowest BCUT2D eigenvalue weighted by atomic mass is 9.75. The molecule has 6 nitrogen and oxygen atoms in total. The highest BCUT2D eigenvalue weighted by Crippen LogP contribution is 2.33. The maximum Gasteiger partial charge on any atom is 0.325 e. The molecule has 0 heterocycles. The number of carbonyl (C=O) groups excluding carboxylic acids is 2. The molecule has 0 fully saturated rings. The highest BCUT2D eigenvalue weighted by molar-refractivity contribution is 6.00. The van der Waals surface area contributed by atoms with Crippen molar-refractivity contribution in [1.82, 2.24) is 5.32 Å². The van der Waals surface area contributed by atoms with E-state index in [1.807, 2.05) is 44.2 Å². The van der Waals surface area contributed by atoms with Crippen LogP contribution >= 0.6 is 0 Å². The number of carboxylic acids is 1. The van der Waals surface area contributed by atoms with Crippen molar-refractivity contribution in [3.63, 3.8) is 0 Å². The highest BCUT2D eigenvalue weighted by atomic mass is 16.4. The third kappa shape index (κ3) is 4.57. The van der Waals surface area contributed by atoms with Crippen LogP contribution in [0.5, 0.6) is 0 Å². The first-order valence-corrected chi connectivity index (χ1v) is 9.34. The summed E-state index contributed by atoms with van der Waals surface area (Å²) in [6.07, 6.45) is 1.32. The van der Waals surface area contributed by atoms with Crippen LogP contribution in [-0.4, -0.2) is 28.9 Å². The molecule has 0 radical (unpaired) electrons. The van der Waals surface area contributed by atoms with Gasteiger partial charge in [0.15, 0.2) is 0 Å². The minimum atomic E-state index is -1.10. The van der Waals surface area contributed by atoms with E-state index in [4.69, 9.17) is 5.11 Å². The molecule has 1 atom stereocenters. The summed E-state index contributed by atoms with van der Waals surface area (Å²) in [6.45, 7) is 5.38. The van der Waals surface area contributed by atoms with Crippen molar-refractivity contribution < 1.29 is 19.5 Å². The molecule has 0 bridgehead atoms. The van der Waals surface area contributed by atoms with Crippen LogP contribution in [0, 0.1) is 0 Å². The van der Waals surface area contributed by atoms with Gasteiger partial charge in [0.1, 0.15) is 6.04 Å². The van der Waals surface area contributed by atoms with E-state index >= 15 is 0 Å². The first kappa shape index (κ1) is 21.2. The molecular formula is C22H26N2O4. The molecule has 28 heavy (non-hydrogen) atoms. The zero-order valence-electron chi connectivity index (χ0n) is 16.4. The van der Waals surface area contributed by atoms with Gasteiger partial charge in [0.05, 0.1) is 5.41 Å². The van der Waals surface area contributed by atoms with E-state index in [0.717, 1.165) is 5.56 Å². The quantitative estimate of drug-likeness (QED) is 0.650. The number of benzene rings is 2. The van der Waals surface area contributed by atoms with Crippen LogP contribution in [0.4, 0.5) is 5.69 Å². The first-order valence-electron chi connectivity index (χ1n) is 9.34. The van der Waals surface area contributed by atoms with Gasteiger partial charge in [-0.3, -0.25) is 14.4 Å². The predicted molar refractivity (Wildman–Crippen MR) is 108 cm³/mol. The van der Waals surface area contributed by atoms with Gasteiger partial charge in [0, 0.05) is 11.3 Å². The molecule has 0 aliphatic heterocycles. The van der Waals surface area contributed by atoms with Gasteiger partial charge in [-0.15, -0.1) is 0 Å². The van der Waals surface area contributed by atoms with Gasteiger partial charge in [-0.25, -0.2) is 0 Å². The van der Waals surface area contributed by atoms with Crippen molar-refractivity contribution >= 4 is 23.5 Å². The Labute approximate surface area is 165 Å². The monoisotopic (exact) mass is 382 g/mol. The number of carbonyl (C=O) groups is 3. The largest absolute Gasteiger partial charge is 0.480 e. The number of rotatable bonds is 8. The lowest BCUT2D eigenvalue weighted by Gasteiger charge is -2.31. The van der Waals surface area contributed by atoms with Crippen molar-refractivity contribution in [2.24, 2.45) is 0 Å². The van der Waals surface area contributed by atoms with E-state index in [2.05, 4.69) is 10.6 Å². The van der Waals surface area contributed by atoms with Gasteiger partial charge in [-0.2, -0.15) is 0 Å². The third-order valence-corrected chi connectivity index (χ3v) is 5.09. The van der Waals surface area contributed by atoms with E-state index < -0.39 is 23.3 Å². The Morgan fingerprint density at radius 2 is 1.54 bits per heavy atom. The maximum absolute atomic E-state index is 13.1. The lowest BCUT2D eigenvalue weighted by Crippen LogP contribution is -2.39. The fourth-order valence-electron chi connectivity index (χ4n) is 3.17. The van der Waals surface area contributed by atoms with E-state index in [0.29, 0.717) is 24.1 Å². The van der Waals surface area contributed by atoms with Gasteiger partial charge in [-0.1, -0.05) is 44.2 Å². The number of hydrogen-bond acceptors (Lipinski definition) is 3. The van der Waals surface area contributed by atoms with Gasteiger partial charge in [-0.05, 0) is 49.6 Å². The van der Waals surface area contributed by atoms with Crippen molar-refractivity contribution in [3.05, 3.63) is 65.7 Å². The normalized spacial score (nSPS) is 12.1. The predicted octanol–water partition coefficient (Wildman–Crippen LogP) is 3.59. The molecule has 2 rings (SSSR count). The Hall–Kier alpha value is -3.15. The van der Waals surface area contributed by atoms with Crippen LogP contribution in [0.3, 0.4) is 0 Å². The number of anilines is 1. The highest BCUT2D eigenvalue weighted by Gasteiger charge is 2.36. The lowest BCUT2D eigenvalue weighted by molar-refractivity contribution is -0.138. The Bertz CT molecular complexity index is 827. The Morgan fingerprint density at radius 1 is 0.964 bits per heavy atom. The molecule has 6 heteroatoms. The van der Waals surface area contributed by atoms with E-state index in [1.165, 1.54) is 6.92 Å². The molecule has 2 amide bonds. The van der Waals surface area contributed by atoms with Crippen LogP contribution in [0.1, 0.15) is 49.5 Å². The summed E-state index contributed by atoms with van der Waals surface area (Å²) >= 11 is 0. The molecule has 3 N–H and O–H groups in total. The standard InChI is InChI=1S/C22H26N2O4/c1-4-22(5-2,17-9-7-6-8-10-17)21(28)24-18-13-11-16(12-14-18)19(25)23-15(3)20(26)27/h6-15H,4-5H2,1-3H3,(H,23,25)(H,24,28)(H,26,27). The molecule has 2 aromatic rings. The summed E-state index contributed by atoms with van der Waals surface area (Å²) in [5, 5.41) is 14.2. The second kappa shape index (κ2) is 9.17. The fraction of sp³-hybridized carbons (Fsp3) is 0.318. The maximum atomic E-state index is 13.1. The molecule has 0 aliphatic carbocycles. The minimum absolute atomic E-state index is 0.0969. The molecule has 148 valence electrons. The fourth-order valence-corrected chi connectivity index (χ4v) is 3.17. The van der Waals surface area contributed by atoms with Gasteiger partial charge >= 0.3 is 5.97 Å². The van der Waals surface area contributed by atoms with Crippen LogP contribution in [0.15, 0.2) is 54.6 Å². The molecule has 1 unspecified atom stereocenters. The van der Waals surface area contributed by atoms with Crippen molar-refractivity contribution in [2.75, 3.05) is 5.32 Å². The summed E-state index contributed by atoms with van der Waals surface area (Å²) in [6, 6.07) is 15.1. The van der Waals surface area contributed by atoms with Crippen LogP contribution in [-0.2, 0) is 15.0 Å². The molecule has 0 saturated heterocycles. The Kier molecular flexibility index (Phi) is 6.93. The van der Waals surface area contributed by atoms with Crippen molar-refractivity contribution in [3.8, 4) is 0 Å². The molecular weight excluding hydrogens is 356 g/mol. The molecule has 0 spiro atoms. The Morgan fingerprint density at radius 3 is 2.04 bits per heavy atom. The van der Waals surface area contributed by atoms with Crippen LogP contribution in [0.2, 0.25) is 0 Å². The second-order valence-electron chi connectivity index (χ2n) is 6.72. The zero-order chi connectivity index (χ0) is 20.7. The summed E-state index contributed by atoms with van der Waals surface area (Å²) < 4.78 is 0. The summed E-state index contributed by atoms with van der Waals surface area (Å²) in [4.78, 5) is 36.0. The van der Waals surface area contributed by atoms with Crippen LogP contribution in [0.25, 0.3) is 0 Å². The number of nitrogens with one attached hydrogen (secondary N) is 2. The van der Waals surface area contributed by atoms with Crippen molar-refractivity contribution in [1.29, 1.82) is 0 Å². The van der Waals surface area contributed by atoms with E-state index in [-0.39, 0.29) is 5.91 Å². The van der Waals surface area contributed by atoms with E-state index in [9.17, 15) is 14.4 Å². The molecule has 0 saturated carbocycles. The van der Waals surface area contributed by atoms with Gasteiger partial charge in [0.2, 0.25) is 5.91 Å². The average Bonchev–Trinajstić information content (AvgIpc) is 2.70. The van der Waals surface area contributed by atoms with E-state index in [1.54, 1.807) is 24.3 Å². The summed E-state index contributed by atoms with van der Waals surface area (Å²) in [7, 11) is 0. The number of hydrogen-bond donors (Lipinski definition) is 3. The minimum Gasteiger partial charge on any atom is -0.480 e. The number of aliphatic carboxylic acids is 1. The second-order valence-corrected chi connectivity index (χ2v) is 6.72. The average molecular weight is 382 g/mol. The number of carboxylic acid groups (broad SMARTS) is 1. The van der Waals surface area contributed by atoms with Crippen LogP contribution < -0.4 is 10.6 Å². The zero-order valence-corrected chi connectivity index (χ0v) is 16.4. The summed E-state index contributed by atoms with van der Waals surface area (Å²) in [5.41, 5.74) is 1.24. The molecule has 2 aromatic carbocycles. The topological polar surface area (TPSA) is 95.5 Å². The van der Waals surface area contributed by atoms with Gasteiger partial charge in [0.25, 0.3) is 5.91 Å². The third-order valence-electron chi connectivity index (χ3n) is 5.09. The Balaban J connectivity index is 2.15. The smallest absolute Gasteiger partial charge is 0.325 e. The molecule has 0 aromatic heterocycles. The van der Waals surface area contributed by atoms with Crippen molar-refractivity contribution in [2.45, 2.75) is 45.1 Å². The summed E-state index contributed by atoms with van der Waals surface area (Å²) in [5.74, 6) is -1.68. The molecule has 0 aliphatic rings. The first-order chi connectivity index (χ1) is 13.3. The SMILES string of the molecule is CCC(CC)(C(=O)Nc1ccc(C(=O)NC(C)C(=O)O)cc1)c1ccccc1. The number of amides is 2. The van der Waals surface area contributed by atoms with Gasteiger partial charge < -0.3 is 15.7 Å².